The van der Waals surface area contributed by atoms with E-state index < -0.39 is 49.5 Å². The topological polar surface area (TPSA) is 149 Å². The number of carbonyl (C=O) groups is 1. The van der Waals surface area contributed by atoms with Crippen molar-refractivity contribution in [3.63, 3.8) is 0 Å². The number of aliphatic hydroxyl groups is 5. The highest BCUT2D eigenvalue weighted by atomic mass is 16.7. The maximum Gasteiger partial charge on any atom is 0.220 e. The minimum Gasteiger partial charge on any atom is -0.394 e. The SMILES string of the molecule is CCCCCCC/C=C\C/C=C\C/C=C\CCCCCCCCCCCCCCCCCCCCCCCCC(=O)NC(COC1OC(CO)C(O)C(O)C1O)C(O)CCCCCCCCCCC. The molecule has 1 aliphatic heterocycles. The Labute approximate surface area is 425 Å². The number of unbranched alkanes of at least 4 members (excludes halogenated alkanes) is 35. The van der Waals surface area contributed by atoms with Crippen LogP contribution in [0.15, 0.2) is 36.5 Å². The van der Waals surface area contributed by atoms with E-state index in [1.807, 2.05) is 0 Å². The van der Waals surface area contributed by atoms with Crippen LogP contribution in [0, 0.1) is 0 Å². The Morgan fingerprint density at radius 2 is 0.855 bits per heavy atom. The van der Waals surface area contributed by atoms with Crippen molar-refractivity contribution >= 4 is 5.91 Å². The van der Waals surface area contributed by atoms with Crippen LogP contribution in [0.5, 0.6) is 0 Å². The third-order valence-electron chi connectivity index (χ3n) is 14.2. The molecule has 0 saturated carbocycles. The van der Waals surface area contributed by atoms with Crippen molar-refractivity contribution in [3.05, 3.63) is 36.5 Å². The van der Waals surface area contributed by atoms with Crippen LogP contribution in [0.2, 0.25) is 0 Å². The van der Waals surface area contributed by atoms with Gasteiger partial charge in [-0.05, 0) is 51.4 Å². The summed E-state index contributed by atoms with van der Waals surface area (Å²) in [5.41, 5.74) is 0. The number of nitrogens with one attached hydrogen (secondary N) is 1. The van der Waals surface area contributed by atoms with E-state index in [9.17, 15) is 30.3 Å². The number of rotatable bonds is 51. The highest BCUT2D eigenvalue weighted by Gasteiger charge is 2.44. The van der Waals surface area contributed by atoms with Crippen LogP contribution in [-0.2, 0) is 14.3 Å². The minimum absolute atomic E-state index is 0.135. The molecule has 7 unspecified atom stereocenters. The number of carbonyl (C=O) groups excluding carboxylic acids is 1. The van der Waals surface area contributed by atoms with E-state index >= 15 is 0 Å². The lowest BCUT2D eigenvalue weighted by Gasteiger charge is -2.40. The van der Waals surface area contributed by atoms with E-state index in [1.54, 1.807) is 0 Å². The fraction of sp³-hybridized carbons (Fsp3) is 0.883. The molecule has 0 spiro atoms. The second kappa shape index (κ2) is 50.0. The van der Waals surface area contributed by atoms with Crippen molar-refractivity contribution in [1.82, 2.24) is 5.32 Å². The maximum atomic E-state index is 13.0. The number of aliphatic hydroxyl groups excluding tert-OH is 5. The van der Waals surface area contributed by atoms with E-state index in [2.05, 4.69) is 55.6 Å². The fourth-order valence-electron chi connectivity index (χ4n) is 9.52. The zero-order chi connectivity index (χ0) is 50.1. The average Bonchev–Trinajstić information content (AvgIpc) is 3.35. The molecule has 0 aliphatic carbocycles. The molecule has 1 amide bonds. The number of hydrogen-bond donors (Lipinski definition) is 6. The van der Waals surface area contributed by atoms with Crippen LogP contribution >= 0.6 is 0 Å². The quantitative estimate of drug-likeness (QED) is 0.0261. The van der Waals surface area contributed by atoms with Gasteiger partial charge in [-0.25, -0.2) is 0 Å². The normalized spacial score (nSPS) is 19.7. The van der Waals surface area contributed by atoms with Gasteiger partial charge in [0.2, 0.25) is 5.91 Å². The molecule has 0 radical (unpaired) electrons. The van der Waals surface area contributed by atoms with Crippen molar-refractivity contribution in [2.75, 3.05) is 13.2 Å². The molecule has 9 heteroatoms. The van der Waals surface area contributed by atoms with Crippen LogP contribution in [0.4, 0.5) is 0 Å². The average molecular weight is 977 g/mol. The highest BCUT2D eigenvalue weighted by molar-refractivity contribution is 5.76. The molecule has 406 valence electrons. The predicted octanol–water partition coefficient (Wildman–Crippen LogP) is 14.7. The van der Waals surface area contributed by atoms with Crippen LogP contribution < -0.4 is 5.32 Å². The van der Waals surface area contributed by atoms with E-state index in [0.717, 1.165) is 51.4 Å². The lowest BCUT2D eigenvalue weighted by molar-refractivity contribution is -0.302. The molecular weight excluding hydrogens is 863 g/mol. The van der Waals surface area contributed by atoms with E-state index in [4.69, 9.17) is 9.47 Å². The van der Waals surface area contributed by atoms with Crippen LogP contribution in [0.3, 0.4) is 0 Å². The first-order valence-electron chi connectivity index (χ1n) is 29.7. The highest BCUT2D eigenvalue weighted by Crippen LogP contribution is 2.23. The van der Waals surface area contributed by atoms with Gasteiger partial charge in [0.1, 0.15) is 24.4 Å². The summed E-state index contributed by atoms with van der Waals surface area (Å²) < 4.78 is 11.3. The standard InChI is InChI=1S/C60H113NO8/c1-3-5-7-9-11-13-14-15-16-17-18-19-20-21-22-23-24-25-26-27-28-29-30-31-32-33-34-35-36-37-38-39-40-42-44-46-48-50-56(64)61-53(54(63)49-47-45-43-41-12-10-8-6-4-2)52-68-60-59(67)58(66)57(65)55(51-62)69-60/h14-15,17-18,20-21,53-55,57-60,62-63,65-67H,3-13,16,19,22-52H2,1-2H3,(H,61,64)/b15-14-,18-17-,21-20-. The number of amides is 1. The Morgan fingerprint density at radius 1 is 0.493 bits per heavy atom. The predicted molar refractivity (Wildman–Crippen MR) is 290 cm³/mol. The Hall–Kier alpha value is -1.59. The summed E-state index contributed by atoms with van der Waals surface area (Å²) in [4.78, 5) is 13.0. The summed E-state index contributed by atoms with van der Waals surface area (Å²) in [5.74, 6) is -0.143. The molecule has 6 N–H and O–H groups in total. The molecule has 69 heavy (non-hydrogen) atoms. The van der Waals surface area contributed by atoms with Gasteiger partial charge in [-0.15, -0.1) is 0 Å². The molecule has 0 aromatic rings. The third kappa shape index (κ3) is 39.6. The first kappa shape index (κ1) is 65.4. The molecule has 1 saturated heterocycles. The van der Waals surface area contributed by atoms with Crippen molar-refractivity contribution < 1.29 is 39.8 Å². The van der Waals surface area contributed by atoms with Crippen molar-refractivity contribution in [3.8, 4) is 0 Å². The van der Waals surface area contributed by atoms with Gasteiger partial charge in [0.05, 0.1) is 25.4 Å². The second-order valence-corrected chi connectivity index (χ2v) is 20.8. The van der Waals surface area contributed by atoms with Gasteiger partial charge in [-0.2, -0.15) is 0 Å². The van der Waals surface area contributed by atoms with Crippen LogP contribution in [0.25, 0.3) is 0 Å². The molecule has 1 fully saturated rings. The molecule has 1 aliphatic rings. The lowest BCUT2D eigenvalue weighted by Crippen LogP contribution is -2.60. The molecule has 1 rings (SSSR count). The molecule has 0 aromatic carbocycles. The van der Waals surface area contributed by atoms with Crippen molar-refractivity contribution in [2.24, 2.45) is 0 Å². The zero-order valence-corrected chi connectivity index (χ0v) is 45.1. The van der Waals surface area contributed by atoms with Gasteiger partial charge < -0.3 is 40.3 Å². The van der Waals surface area contributed by atoms with Crippen LogP contribution in [-0.4, -0.2) is 87.5 Å². The van der Waals surface area contributed by atoms with Crippen molar-refractivity contribution in [1.29, 1.82) is 0 Å². The van der Waals surface area contributed by atoms with Gasteiger partial charge in [0, 0.05) is 6.42 Å². The van der Waals surface area contributed by atoms with Gasteiger partial charge in [-0.3, -0.25) is 4.79 Å². The fourth-order valence-corrected chi connectivity index (χ4v) is 9.52. The smallest absolute Gasteiger partial charge is 0.220 e. The van der Waals surface area contributed by atoms with E-state index in [1.165, 1.54) is 205 Å². The van der Waals surface area contributed by atoms with Gasteiger partial charge in [0.25, 0.3) is 0 Å². The molecular formula is C60H113NO8. The third-order valence-corrected chi connectivity index (χ3v) is 14.2. The summed E-state index contributed by atoms with van der Waals surface area (Å²) >= 11 is 0. The summed E-state index contributed by atoms with van der Waals surface area (Å²) in [7, 11) is 0. The summed E-state index contributed by atoms with van der Waals surface area (Å²) in [6, 6.07) is -0.714. The summed E-state index contributed by atoms with van der Waals surface area (Å²) in [6.07, 6.45) is 57.9. The Morgan fingerprint density at radius 3 is 1.26 bits per heavy atom. The molecule has 0 aromatic heterocycles. The van der Waals surface area contributed by atoms with Gasteiger partial charge in [0.15, 0.2) is 6.29 Å². The molecule has 7 atom stereocenters. The number of allylic oxidation sites excluding steroid dienone is 6. The van der Waals surface area contributed by atoms with E-state index in [-0.39, 0.29) is 12.5 Å². The lowest BCUT2D eigenvalue weighted by atomic mass is 9.99. The second-order valence-electron chi connectivity index (χ2n) is 20.8. The number of ether oxygens (including phenoxy) is 2. The molecule has 1 heterocycles. The van der Waals surface area contributed by atoms with Gasteiger partial charge >= 0.3 is 0 Å². The molecule has 9 nitrogen and oxygen atoms in total. The largest absolute Gasteiger partial charge is 0.394 e. The first-order chi connectivity index (χ1) is 33.8. The zero-order valence-electron chi connectivity index (χ0n) is 45.1. The minimum atomic E-state index is -1.55. The Kier molecular flexibility index (Phi) is 47.4. The van der Waals surface area contributed by atoms with E-state index in [0.29, 0.717) is 12.8 Å². The Balaban J connectivity index is 2.01. The van der Waals surface area contributed by atoms with Crippen molar-refractivity contribution in [2.45, 2.75) is 326 Å². The first-order valence-corrected chi connectivity index (χ1v) is 29.7. The Bertz CT molecular complexity index is 1180. The van der Waals surface area contributed by atoms with Crippen LogP contribution in [0.1, 0.15) is 284 Å². The molecule has 0 bridgehead atoms. The number of hydrogen-bond acceptors (Lipinski definition) is 8. The summed E-state index contributed by atoms with van der Waals surface area (Å²) in [6.45, 7) is 3.81. The van der Waals surface area contributed by atoms with Gasteiger partial charge in [-0.1, -0.05) is 262 Å². The monoisotopic (exact) mass is 976 g/mol. The maximum absolute atomic E-state index is 13.0. The summed E-state index contributed by atoms with van der Waals surface area (Å²) in [5, 5.41) is 54.4.